The first-order valence-corrected chi connectivity index (χ1v) is 7.61. The minimum absolute atomic E-state index is 0.0997. The second kappa shape index (κ2) is 5.66. The molecule has 1 heterocycles. The first kappa shape index (κ1) is 14.9. The van der Waals surface area contributed by atoms with Crippen LogP contribution in [0.4, 0.5) is 0 Å². The van der Waals surface area contributed by atoms with Crippen molar-refractivity contribution in [1.29, 1.82) is 0 Å². The smallest absolute Gasteiger partial charge is 0.232 e. The standard InChI is InChI=1S/C10H19N3O4S/c1-7(9(11)14)10(15)12-8-3-5-13(6-4-8)18(2,16)17/h7-8H,3-6H2,1-2H3,(H2,11,14)(H,12,15). The van der Waals surface area contributed by atoms with Crippen molar-refractivity contribution in [3.63, 3.8) is 0 Å². The fourth-order valence-electron chi connectivity index (χ4n) is 1.79. The van der Waals surface area contributed by atoms with Gasteiger partial charge >= 0.3 is 0 Å². The summed E-state index contributed by atoms with van der Waals surface area (Å²) in [5.41, 5.74) is 5.03. The highest BCUT2D eigenvalue weighted by Gasteiger charge is 2.27. The summed E-state index contributed by atoms with van der Waals surface area (Å²) in [6, 6.07) is -0.0997. The first-order valence-electron chi connectivity index (χ1n) is 5.76. The predicted molar refractivity (Wildman–Crippen MR) is 65.9 cm³/mol. The molecule has 0 spiro atoms. The lowest BCUT2D eigenvalue weighted by Gasteiger charge is -2.31. The summed E-state index contributed by atoms with van der Waals surface area (Å²) in [4.78, 5) is 22.4. The summed E-state index contributed by atoms with van der Waals surface area (Å²) in [6.45, 7) is 2.22. The van der Waals surface area contributed by atoms with Gasteiger partial charge in [-0.15, -0.1) is 0 Å². The number of rotatable bonds is 4. The number of primary amides is 1. The molecule has 1 saturated heterocycles. The lowest BCUT2D eigenvalue weighted by molar-refractivity contribution is -0.133. The maximum absolute atomic E-state index is 11.6. The molecule has 1 unspecified atom stereocenters. The van der Waals surface area contributed by atoms with Crippen LogP contribution in [0.2, 0.25) is 0 Å². The lowest BCUT2D eigenvalue weighted by Crippen LogP contribution is -2.48. The summed E-state index contributed by atoms with van der Waals surface area (Å²) in [6.07, 6.45) is 2.26. The lowest BCUT2D eigenvalue weighted by atomic mass is 10.0. The third-order valence-electron chi connectivity index (χ3n) is 3.09. The second-order valence-electron chi connectivity index (χ2n) is 4.57. The van der Waals surface area contributed by atoms with Gasteiger partial charge in [-0.1, -0.05) is 0 Å². The number of piperidine rings is 1. The van der Waals surface area contributed by atoms with Gasteiger partial charge in [-0.3, -0.25) is 9.59 Å². The Morgan fingerprint density at radius 3 is 2.22 bits per heavy atom. The summed E-state index contributed by atoms with van der Waals surface area (Å²) >= 11 is 0. The summed E-state index contributed by atoms with van der Waals surface area (Å²) in [7, 11) is -3.16. The van der Waals surface area contributed by atoms with Crippen LogP contribution in [-0.2, 0) is 19.6 Å². The van der Waals surface area contributed by atoms with Crippen molar-refractivity contribution in [3.8, 4) is 0 Å². The fourth-order valence-corrected chi connectivity index (χ4v) is 2.66. The van der Waals surface area contributed by atoms with Crippen LogP contribution in [0.1, 0.15) is 19.8 Å². The van der Waals surface area contributed by atoms with Crippen LogP contribution in [0.3, 0.4) is 0 Å². The van der Waals surface area contributed by atoms with Crippen molar-refractivity contribution in [2.24, 2.45) is 11.7 Å². The topological polar surface area (TPSA) is 110 Å². The van der Waals surface area contributed by atoms with Crippen molar-refractivity contribution in [3.05, 3.63) is 0 Å². The number of sulfonamides is 1. The Kier molecular flexibility index (Phi) is 4.69. The van der Waals surface area contributed by atoms with Crippen molar-refractivity contribution in [1.82, 2.24) is 9.62 Å². The Morgan fingerprint density at radius 1 is 1.33 bits per heavy atom. The van der Waals surface area contributed by atoms with E-state index < -0.39 is 27.8 Å². The van der Waals surface area contributed by atoms with Crippen molar-refractivity contribution in [2.45, 2.75) is 25.8 Å². The van der Waals surface area contributed by atoms with Crippen LogP contribution in [0.15, 0.2) is 0 Å². The fraction of sp³-hybridized carbons (Fsp3) is 0.800. The van der Waals surface area contributed by atoms with Gasteiger partial charge in [0.2, 0.25) is 21.8 Å². The molecule has 1 fully saturated rings. The third-order valence-corrected chi connectivity index (χ3v) is 4.39. The number of carbonyl (C=O) groups is 2. The molecule has 0 aromatic rings. The van der Waals surface area contributed by atoms with Gasteiger partial charge in [-0.25, -0.2) is 12.7 Å². The molecule has 1 aliphatic heterocycles. The SMILES string of the molecule is CC(C(N)=O)C(=O)NC1CCN(S(C)(=O)=O)CC1. The largest absolute Gasteiger partial charge is 0.369 e. The summed E-state index contributed by atoms with van der Waals surface area (Å²) < 4.78 is 24.0. The molecule has 104 valence electrons. The van der Waals surface area contributed by atoms with Crippen LogP contribution < -0.4 is 11.1 Å². The molecule has 0 aromatic carbocycles. The average molecular weight is 277 g/mol. The van der Waals surface area contributed by atoms with Gasteiger partial charge in [-0.2, -0.15) is 0 Å². The Bertz CT molecular complexity index is 426. The van der Waals surface area contributed by atoms with Crippen LogP contribution >= 0.6 is 0 Å². The molecule has 18 heavy (non-hydrogen) atoms. The predicted octanol–water partition coefficient (Wildman–Crippen LogP) is -1.35. The molecule has 0 aromatic heterocycles. The number of nitrogens with two attached hydrogens (primary N) is 1. The molecule has 1 atom stereocenters. The number of hydrogen-bond acceptors (Lipinski definition) is 4. The van der Waals surface area contributed by atoms with E-state index in [9.17, 15) is 18.0 Å². The summed E-state index contributed by atoms with van der Waals surface area (Å²) in [5.74, 6) is -1.93. The minimum Gasteiger partial charge on any atom is -0.369 e. The quantitative estimate of drug-likeness (QED) is 0.619. The molecule has 8 heteroatoms. The molecule has 0 saturated carbocycles. The van der Waals surface area contributed by atoms with Gasteiger partial charge in [0.1, 0.15) is 5.92 Å². The van der Waals surface area contributed by atoms with Crippen molar-refractivity contribution < 1.29 is 18.0 Å². The maximum atomic E-state index is 11.6. The van der Waals surface area contributed by atoms with E-state index in [1.165, 1.54) is 17.5 Å². The Hall–Kier alpha value is -1.15. The van der Waals surface area contributed by atoms with E-state index in [1.807, 2.05) is 0 Å². The van der Waals surface area contributed by atoms with E-state index in [-0.39, 0.29) is 6.04 Å². The number of carbonyl (C=O) groups excluding carboxylic acids is 2. The van der Waals surface area contributed by atoms with E-state index in [2.05, 4.69) is 5.32 Å². The monoisotopic (exact) mass is 277 g/mol. The van der Waals surface area contributed by atoms with Gasteiger partial charge in [0.05, 0.1) is 6.26 Å². The van der Waals surface area contributed by atoms with Gasteiger partial charge in [0, 0.05) is 19.1 Å². The van der Waals surface area contributed by atoms with Gasteiger partial charge < -0.3 is 11.1 Å². The molecular formula is C10H19N3O4S. The zero-order chi connectivity index (χ0) is 13.9. The maximum Gasteiger partial charge on any atom is 0.232 e. The van der Waals surface area contributed by atoms with Gasteiger partial charge in [0.25, 0.3) is 0 Å². The Balaban J connectivity index is 2.45. The molecular weight excluding hydrogens is 258 g/mol. The molecule has 0 bridgehead atoms. The summed E-state index contributed by atoms with van der Waals surface area (Å²) in [5, 5.41) is 2.71. The van der Waals surface area contributed by atoms with Crippen molar-refractivity contribution in [2.75, 3.05) is 19.3 Å². The minimum atomic E-state index is -3.16. The van der Waals surface area contributed by atoms with E-state index >= 15 is 0 Å². The first-order chi connectivity index (χ1) is 8.21. The van der Waals surface area contributed by atoms with E-state index in [1.54, 1.807) is 0 Å². The third kappa shape index (κ3) is 3.95. The molecule has 0 aliphatic carbocycles. The zero-order valence-corrected chi connectivity index (χ0v) is 11.4. The molecule has 1 rings (SSSR count). The normalized spacial score (nSPS) is 20.3. The Morgan fingerprint density at radius 2 is 1.83 bits per heavy atom. The molecule has 1 aliphatic rings. The number of nitrogens with zero attached hydrogens (tertiary/aromatic N) is 1. The highest BCUT2D eigenvalue weighted by atomic mass is 32.2. The van der Waals surface area contributed by atoms with Crippen molar-refractivity contribution >= 4 is 21.8 Å². The van der Waals surface area contributed by atoms with E-state index in [4.69, 9.17) is 5.73 Å². The van der Waals surface area contributed by atoms with E-state index in [0.29, 0.717) is 25.9 Å². The van der Waals surface area contributed by atoms with Gasteiger partial charge in [-0.05, 0) is 19.8 Å². The van der Waals surface area contributed by atoms with Crippen LogP contribution in [0, 0.1) is 5.92 Å². The number of amides is 2. The molecule has 3 N–H and O–H groups in total. The highest BCUT2D eigenvalue weighted by Crippen LogP contribution is 2.13. The number of hydrogen-bond donors (Lipinski definition) is 2. The Labute approximate surface area is 107 Å². The van der Waals surface area contributed by atoms with Crippen LogP contribution in [-0.4, -0.2) is 49.9 Å². The number of nitrogens with one attached hydrogen (secondary N) is 1. The zero-order valence-electron chi connectivity index (χ0n) is 10.5. The van der Waals surface area contributed by atoms with Crippen LogP contribution in [0.5, 0.6) is 0 Å². The molecule has 7 nitrogen and oxygen atoms in total. The molecule has 2 amide bonds. The van der Waals surface area contributed by atoms with E-state index in [0.717, 1.165) is 0 Å². The van der Waals surface area contributed by atoms with Gasteiger partial charge in [0.15, 0.2) is 0 Å². The van der Waals surface area contributed by atoms with Crippen LogP contribution in [0.25, 0.3) is 0 Å². The highest BCUT2D eigenvalue weighted by molar-refractivity contribution is 7.88. The second-order valence-corrected chi connectivity index (χ2v) is 6.55. The molecule has 0 radical (unpaired) electrons. The average Bonchev–Trinajstić information content (AvgIpc) is 2.27.